The molecule has 0 aliphatic rings. The van der Waals surface area contributed by atoms with Crippen molar-refractivity contribution in [2.45, 2.75) is 27.2 Å². The highest BCUT2D eigenvalue weighted by atomic mass is 79.9. The highest BCUT2D eigenvalue weighted by Crippen LogP contribution is 2.37. The molecule has 0 radical (unpaired) electrons. The maximum Gasteiger partial charge on any atom is 0.0259 e. The average molecular weight is 371 g/mol. The molecule has 13 heavy (non-hydrogen) atoms. The smallest absolute Gasteiger partial charge is 0.0259 e. The Hall–Kier alpha value is 0.660. The van der Waals surface area contributed by atoms with Gasteiger partial charge in [0, 0.05) is 13.4 Å². The lowest BCUT2D eigenvalue weighted by atomic mass is 10.1. The van der Waals surface area contributed by atoms with Gasteiger partial charge in [-0.25, -0.2) is 0 Å². The molecule has 0 aliphatic carbocycles. The molecule has 0 fully saturated rings. The third-order valence-electron chi connectivity index (χ3n) is 2.20. The van der Waals surface area contributed by atoms with Crippen molar-refractivity contribution in [1.82, 2.24) is 0 Å². The highest BCUT2D eigenvalue weighted by molar-refractivity contribution is 9.11. The minimum absolute atomic E-state index is 1.04. The van der Waals surface area contributed by atoms with Crippen LogP contribution < -0.4 is 0 Å². The Morgan fingerprint density at radius 1 is 0.846 bits per heavy atom. The van der Waals surface area contributed by atoms with Crippen molar-refractivity contribution in [3.8, 4) is 0 Å². The molecule has 0 amide bonds. The van der Waals surface area contributed by atoms with E-state index in [1.807, 2.05) is 0 Å². The largest absolute Gasteiger partial charge is 0.0612 e. The fourth-order valence-corrected chi connectivity index (χ4v) is 3.88. The number of halogens is 3. The molecule has 0 N–H and O–H groups in total. The Morgan fingerprint density at radius 2 is 1.23 bits per heavy atom. The molecule has 0 saturated heterocycles. The van der Waals surface area contributed by atoms with Crippen molar-refractivity contribution in [1.29, 1.82) is 0 Å². The Balaban J connectivity index is 3.56. The van der Waals surface area contributed by atoms with Crippen LogP contribution in [0.5, 0.6) is 0 Å². The van der Waals surface area contributed by atoms with Crippen LogP contribution in [0.2, 0.25) is 0 Å². The summed E-state index contributed by atoms with van der Waals surface area (Å²) in [5, 5.41) is 0. The molecular weight excluding hydrogens is 360 g/mol. The predicted octanol–water partition coefficient (Wildman–Crippen LogP) is 5.15. The Kier molecular flexibility index (Phi) is 4.02. The first kappa shape index (κ1) is 11.7. The summed E-state index contributed by atoms with van der Waals surface area (Å²) in [6.45, 7) is 6.40. The lowest BCUT2D eigenvalue weighted by Crippen LogP contribution is -1.94. The molecule has 0 unspecified atom stereocenters. The second kappa shape index (κ2) is 4.45. The van der Waals surface area contributed by atoms with E-state index < -0.39 is 0 Å². The van der Waals surface area contributed by atoms with Gasteiger partial charge in [-0.05, 0) is 37.0 Å². The van der Waals surface area contributed by atoms with Crippen LogP contribution in [-0.4, -0.2) is 0 Å². The van der Waals surface area contributed by atoms with Crippen LogP contribution in [0.1, 0.15) is 23.6 Å². The van der Waals surface area contributed by atoms with Crippen molar-refractivity contribution < 1.29 is 0 Å². The van der Waals surface area contributed by atoms with Gasteiger partial charge in [0.25, 0.3) is 0 Å². The second-order valence-electron chi connectivity index (χ2n) is 3.02. The second-order valence-corrected chi connectivity index (χ2v) is 5.40. The first-order valence-corrected chi connectivity index (χ1v) is 6.51. The molecule has 0 atom stereocenters. The molecule has 0 bridgehead atoms. The summed E-state index contributed by atoms with van der Waals surface area (Å²) in [7, 11) is 0. The van der Waals surface area contributed by atoms with Crippen molar-refractivity contribution in [2.24, 2.45) is 0 Å². The van der Waals surface area contributed by atoms with E-state index in [-0.39, 0.29) is 0 Å². The monoisotopic (exact) mass is 368 g/mol. The van der Waals surface area contributed by atoms with Gasteiger partial charge in [0.2, 0.25) is 0 Å². The van der Waals surface area contributed by atoms with E-state index in [1.54, 1.807) is 0 Å². The topological polar surface area (TPSA) is 0 Å². The van der Waals surface area contributed by atoms with E-state index in [0.29, 0.717) is 0 Å². The lowest BCUT2D eigenvalue weighted by molar-refractivity contribution is 1.08. The van der Waals surface area contributed by atoms with E-state index in [9.17, 15) is 0 Å². The SMILES string of the molecule is CCc1c(Br)c(C)c(Br)c(C)c1Br. The Labute approximate surface area is 104 Å². The van der Waals surface area contributed by atoms with Gasteiger partial charge in [-0.1, -0.05) is 54.7 Å². The van der Waals surface area contributed by atoms with Gasteiger partial charge < -0.3 is 0 Å². The van der Waals surface area contributed by atoms with Crippen LogP contribution in [0.25, 0.3) is 0 Å². The molecule has 1 rings (SSSR count). The van der Waals surface area contributed by atoms with Crippen molar-refractivity contribution >= 4 is 47.8 Å². The van der Waals surface area contributed by atoms with Crippen molar-refractivity contribution in [2.75, 3.05) is 0 Å². The van der Waals surface area contributed by atoms with Crippen LogP contribution in [0.4, 0.5) is 0 Å². The maximum atomic E-state index is 3.62. The number of hydrogen-bond donors (Lipinski definition) is 0. The summed E-state index contributed by atoms with van der Waals surface area (Å²) in [5.74, 6) is 0. The van der Waals surface area contributed by atoms with Crippen LogP contribution >= 0.6 is 47.8 Å². The van der Waals surface area contributed by atoms with Gasteiger partial charge in [0.1, 0.15) is 0 Å². The van der Waals surface area contributed by atoms with E-state index in [4.69, 9.17) is 0 Å². The quantitative estimate of drug-likeness (QED) is 0.641. The van der Waals surface area contributed by atoms with Gasteiger partial charge in [0.15, 0.2) is 0 Å². The standard InChI is InChI=1S/C10H11Br3/c1-4-7-9(12)5(2)8(11)6(3)10(7)13/h4H2,1-3H3. The van der Waals surface area contributed by atoms with Gasteiger partial charge in [0.05, 0.1) is 0 Å². The Bertz CT molecular complexity index is 314. The van der Waals surface area contributed by atoms with Gasteiger partial charge in [-0.2, -0.15) is 0 Å². The number of hydrogen-bond acceptors (Lipinski definition) is 0. The average Bonchev–Trinajstić information content (AvgIpc) is 2.13. The van der Waals surface area contributed by atoms with Gasteiger partial charge in [-0.15, -0.1) is 0 Å². The van der Waals surface area contributed by atoms with E-state index in [1.165, 1.54) is 30.1 Å². The fourth-order valence-electron chi connectivity index (χ4n) is 1.33. The zero-order valence-corrected chi connectivity index (χ0v) is 12.6. The molecule has 0 aliphatic heterocycles. The summed E-state index contributed by atoms with van der Waals surface area (Å²) in [6.07, 6.45) is 1.04. The van der Waals surface area contributed by atoms with Crippen LogP contribution in [0.15, 0.2) is 13.4 Å². The summed E-state index contributed by atoms with van der Waals surface area (Å²) in [6, 6.07) is 0. The zero-order chi connectivity index (χ0) is 10.2. The fraction of sp³-hybridized carbons (Fsp3) is 0.400. The molecule has 3 heteroatoms. The summed E-state index contributed by atoms with van der Waals surface area (Å²) < 4.78 is 3.60. The van der Waals surface area contributed by atoms with E-state index >= 15 is 0 Å². The van der Waals surface area contributed by atoms with Gasteiger partial charge >= 0.3 is 0 Å². The molecule has 0 nitrogen and oxygen atoms in total. The third kappa shape index (κ3) is 2.02. The molecule has 0 aromatic heterocycles. The first-order valence-electron chi connectivity index (χ1n) is 4.13. The molecule has 1 aromatic rings. The maximum absolute atomic E-state index is 3.62. The van der Waals surface area contributed by atoms with Crippen molar-refractivity contribution in [3.05, 3.63) is 30.1 Å². The normalized spacial score (nSPS) is 10.6. The van der Waals surface area contributed by atoms with Gasteiger partial charge in [-0.3, -0.25) is 0 Å². The minimum Gasteiger partial charge on any atom is -0.0612 e. The third-order valence-corrected chi connectivity index (χ3v) is 5.54. The summed E-state index contributed by atoms with van der Waals surface area (Å²) in [5.41, 5.74) is 3.90. The molecule has 1 aromatic carbocycles. The first-order chi connectivity index (χ1) is 6.00. The van der Waals surface area contributed by atoms with E-state index in [0.717, 1.165) is 6.42 Å². The molecule has 72 valence electrons. The van der Waals surface area contributed by atoms with Crippen LogP contribution in [0, 0.1) is 13.8 Å². The van der Waals surface area contributed by atoms with Crippen LogP contribution in [-0.2, 0) is 6.42 Å². The zero-order valence-electron chi connectivity index (χ0n) is 7.84. The summed E-state index contributed by atoms with van der Waals surface area (Å²) >= 11 is 10.8. The highest BCUT2D eigenvalue weighted by Gasteiger charge is 2.13. The molecular formula is C10H11Br3. The van der Waals surface area contributed by atoms with E-state index in [2.05, 4.69) is 68.6 Å². The summed E-state index contributed by atoms with van der Waals surface area (Å²) in [4.78, 5) is 0. The lowest BCUT2D eigenvalue weighted by Gasteiger charge is -2.13. The van der Waals surface area contributed by atoms with Crippen molar-refractivity contribution in [3.63, 3.8) is 0 Å². The van der Waals surface area contributed by atoms with Crippen LogP contribution in [0.3, 0.4) is 0 Å². The molecule has 0 heterocycles. The Morgan fingerprint density at radius 3 is 1.54 bits per heavy atom. The minimum atomic E-state index is 1.04. The molecule has 0 spiro atoms. The predicted molar refractivity (Wildman–Crippen MR) is 68.4 cm³/mol. The molecule has 0 saturated carbocycles. The number of benzene rings is 1. The number of rotatable bonds is 1.